The Balaban J connectivity index is 1.91. The largest absolute Gasteiger partial charge is 0.515 e. The van der Waals surface area contributed by atoms with Gasteiger partial charge in [-0.15, -0.1) is 0 Å². The Labute approximate surface area is 124 Å². The van der Waals surface area contributed by atoms with E-state index in [1.165, 1.54) is 24.3 Å². The Hall–Kier alpha value is -1.72. The van der Waals surface area contributed by atoms with Gasteiger partial charge in [0.15, 0.2) is 5.78 Å². The Morgan fingerprint density at radius 2 is 1.86 bits per heavy atom. The zero-order chi connectivity index (χ0) is 15.2. The van der Waals surface area contributed by atoms with Crippen molar-refractivity contribution in [3.8, 4) is 0 Å². The number of rotatable bonds is 5. The molecule has 1 aliphatic rings. The van der Waals surface area contributed by atoms with Crippen LogP contribution in [0.3, 0.4) is 0 Å². The summed E-state index contributed by atoms with van der Waals surface area (Å²) in [5.41, 5.74) is 0.760. The molecule has 0 aliphatic carbocycles. The topological polar surface area (TPSA) is 43.8 Å². The van der Waals surface area contributed by atoms with Crippen LogP contribution in [0.2, 0.25) is 0 Å². The van der Waals surface area contributed by atoms with Gasteiger partial charge in [-0.25, -0.2) is 4.39 Å². The third-order valence-corrected chi connectivity index (χ3v) is 3.85. The van der Waals surface area contributed by atoms with Crippen molar-refractivity contribution in [2.24, 2.45) is 0 Å². The number of Topliss-reactive ketones (excluding diaryl/α,β-unsaturated/α-hetero) is 1. The highest BCUT2D eigenvalue weighted by Gasteiger charge is 2.17. The molecule has 1 aromatic carbocycles. The van der Waals surface area contributed by atoms with Gasteiger partial charge in [0, 0.05) is 43.9 Å². The molecular formula is C16H21FN2O2. The van der Waals surface area contributed by atoms with Crippen LogP contribution < -0.4 is 0 Å². The van der Waals surface area contributed by atoms with E-state index in [9.17, 15) is 14.3 Å². The van der Waals surface area contributed by atoms with Crippen LogP contribution in [0.4, 0.5) is 4.39 Å². The zero-order valence-corrected chi connectivity index (χ0v) is 12.3. The fourth-order valence-electron chi connectivity index (χ4n) is 2.37. The number of carbonyl (C=O) groups is 1. The van der Waals surface area contributed by atoms with Crippen LogP contribution in [0.1, 0.15) is 16.8 Å². The van der Waals surface area contributed by atoms with Gasteiger partial charge in [-0.1, -0.05) is 0 Å². The van der Waals surface area contributed by atoms with Gasteiger partial charge in [-0.2, -0.15) is 0 Å². The number of aliphatic hydroxyl groups is 1. The molecule has 0 unspecified atom stereocenters. The van der Waals surface area contributed by atoms with E-state index in [2.05, 4.69) is 16.8 Å². The Morgan fingerprint density at radius 1 is 1.24 bits per heavy atom. The smallest absolute Gasteiger partial charge is 0.192 e. The minimum absolute atomic E-state index is 0.244. The first kappa shape index (κ1) is 15.7. The molecule has 1 heterocycles. The molecule has 1 saturated heterocycles. The van der Waals surface area contributed by atoms with E-state index in [0.717, 1.165) is 39.0 Å². The maximum absolute atomic E-state index is 12.9. The van der Waals surface area contributed by atoms with Gasteiger partial charge in [0.1, 0.15) is 5.82 Å². The predicted octanol–water partition coefficient (Wildman–Crippen LogP) is 2.09. The average molecular weight is 292 g/mol. The second kappa shape index (κ2) is 7.33. The van der Waals surface area contributed by atoms with Gasteiger partial charge in [0.25, 0.3) is 0 Å². The van der Waals surface area contributed by atoms with Crippen molar-refractivity contribution < 1.29 is 14.3 Å². The van der Waals surface area contributed by atoms with Crippen molar-refractivity contribution in [1.82, 2.24) is 9.80 Å². The van der Waals surface area contributed by atoms with E-state index in [1.807, 2.05) is 0 Å². The second-order valence-corrected chi connectivity index (χ2v) is 5.39. The lowest BCUT2D eigenvalue weighted by molar-refractivity contribution is 0.102. The molecule has 0 saturated carbocycles. The monoisotopic (exact) mass is 292 g/mol. The van der Waals surface area contributed by atoms with E-state index < -0.39 is 0 Å². The molecular weight excluding hydrogens is 271 g/mol. The third kappa shape index (κ3) is 4.37. The van der Waals surface area contributed by atoms with Gasteiger partial charge in [-0.05, 0) is 37.7 Å². The average Bonchev–Trinajstić information content (AvgIpc) is 2.50. The number of halogens is 1. The fraction of sp³-hybridized carbons (Fsp3) is 0.438. The zero-order valence-electron chi connectivity index (χ0n) is 12.3. The molecule has 0 atom stereocenters. The molecule has 0 amide bonds. The quantitative estimate of drug-likeness (QED) is 0.513. The van der Waals surface area contributed by atoms with Crippen molar-refractivity contribution in [3.63, 3.8) is 0 Å². The molecule has 1 N–H and O–H groups in total. The fourth-order valence-corrected chi connectivity index (χ4v) is 2.37. The molecule has 1 fully saturated rings. The van der Waals surface area contributed by atoms with Crippen LogP contribution >= 0.6 is 0 Å². The highest BCUT2D eigenvalue weighted by molar-refractivity contribution is 6.08. The lowest BCUT2D eigenvalue weighted by Crippen LogP contribution is -2.44. The van der Waals surface area contributed by atoms with Crippen LogP contribution in [-0.4, -0.2) is 60.5 Å². The Kier molecular flexibility index (Phi) is 5.47. The molecule has 21 heavy (non-hydrogen) atoms. The molecule has 114 valence electrons. The van der Waals surface area contributed by atoms with E-state index >= 15 is 0 Å². The minimum Gasteiger partial charge on any atom is -0.515 e. The first-order valence-electron chi connectivity index (χ1n) is 7.14. The molecule has 1 aliphatic heterocycles. The second-order valence-electron chi connectivity index (χ2n) is 5.39. The minimum atomic E-state index is -0.376. The molecule has 2 rings (SSSR count). The Morgan fingerprint density at radius 3 is 2.43 bits per heavy atom. The molecule has 4 nitrogen and oxygen atoms in total. The Bertz CT molecular complexity index is 506. The summed E-state index contributed by atoms with van der Waals surface area (Å²) in [6.45, 7) is 4.72. The molecule has 0 bridgehead atoms. The maximum atomic E-state index is 12.9. The number of likely N-dealkylation sites (N-methyl/N-ethyl adjacent to an activating group) is 1. The van der Waals surface area contributed by atoms with Crippen molar-refractivity contribution in [2.45, 2.75) is 6.42 Å². The number of nitrogens with zero attached hydrogens (tertiary/aromatic N) is 2. The van der Waals surface area contributed by atoms with Crippen LogP contribution in [-0.2, 0) is 0 Å². The van der Waals surface area contributed by atoms with Gasteiger partial charge < -0.3 is 14.9 Å². The molecule has 0 spiro atoms. The summed E-state index contributed by atoms with van der Waals surface area (Å²) < 4.78 is 12.9. The summed E-state index contributed by atoms with van der Waals surface area (Å²) in [6, 6.07) is 5.39. The molecule has 0 radical (unpaired) electrons. The van der Waals surface area contributed by atoms with E-state index in [0.29, 0.717) is 17.6 Å². The molecule has 1 aromatic rings. The first-order valence-corrected chi connectivity index (χ1v) is 7.14. The summed E-state index contributed by atoms with van der Waals surface area (Å²) in [5, 5.41) is 9.30. The summed E-state index contributed by atoms with van der Waals surface area (Å²) >= 11 is 0. The normalized spacial score (nSPS) is 17.9. The first-order chi connectivity index (χ1) is 10.1. The standard InChI is InChI=1S/C16H21FN2O2/c1-18-8-10-19(11-9-18)7-6-14(12-20)16(21)13-2-4-15(17)5-3-13/h2-5,12,20H,6-11H2,1H3. The molecule has 0 aromatic heterocycles. The van der Waals surface area contributed by atoms with Crippen molar-refractivity contribution >= 4 is 5.78 Å². The summed E-state index contributed by atoms with van der Waals surface area (Å²) in [5.74, 6) is -0.620. The van der Waals surface area contributed by atoms with Crippen molar-refractivity contribution in [3.05, 3.63) is 47.5 Å². The third-order valence-electron chi connectivity index (χ3n) is 3.85. The summed E-state index contributed by atoms with van der Waals surface area (Å²) in [7, 11) is 2.09. The van der Waals surface area contributed by atoms with Crippen molar-refractivity contribution in [2.75, 3.05) is 39.8 Å². The van der Waals surface area contributed by atoms with E-state index in [1.54, 1.807) is 0 Å². The van der Waals surface area contributed by atoms with Gasteiger partial charge >= 0.3 is 0 Å². The SMILES string of the molecule is CN1CCN(CCC(=CO)C(=O)c2ccc(F)cc2)CC1. The van der Waals surface area contributed by atoms with Gasteiger partial charge in [-0.3, -0.25) is 4.79 Å². The highest BCUT2D eigenvalue weighted by atomic mass is 19.1. The number of aliphatic hydroxyl groups excluding tert-OH is 1. The van der Waals surface area contributed by atoms with Crippen LogP contribution in [0, 0.1) is 5.82 Å². The summed E-state index contributed by atoms with van der Waals surface area (Å²) in [6.07, 6.45) is 1.37. The van der Waals surface area contributed by atoms with Crippen LogP contribution in [0.15, 0.2) is 36.1 Å². The molecule has 5 heteroatoms. The van der Waals surface area contributed by atoms with Crippen LogP contribution in [0.5, 0.6) is 0 Å². The van der Waals surface area contributed by atoms with Crippen molar-refractivity contribution in [1.29, 1.82) is 0 Å². The number of piperazine rings is 1. The van der Waals surface area contributed by atoms with Crippen LogP contribution in [0.25, 0.3) is 0 Å². The highest BCUT2D eigenvalue weighted by Crippen LogP contribution is 2.13. The van der Waals surface area contributed by atoms with E-state index in [4.69, 9.17) is 0 Å². The predicted molar refractivity (Wildman–Crippen MR) is 80.0 cm³/mol. The van der Waals surface area contributed by atoms with Gasteiger partial charge in [0.2, 0.25) is 0 Å². The van der Waals surface area contributed by atoms with Gasteiger partial charge in [0.05, 0.1) is 6.26 Å². The number of ketones is 1. The summed E-state index contributed by atoms with van der Waals surface area (Å²) in [4.78, 5) is 16.8. The number of hydrogen-bond acceptors (Lipinski definition) is 4. The number of hydrogen-bond donors (Lipinski definition) is 1. The maximum Gasteiger partial charge on any atom is 0.192 e. The number of carbonyl (C=O) groups excluding carboxylic acids is 1. The lowest BCUT2D eigenvalue weighted by Gasteiger charge is -2.32. The van der Waals surface area contributed by atoms with E-state index in [-0.39, 0.29) is 11.6 Å². The lowest BCUT2D eigenvalue weighted by atomic mass is 10.0. The number of benzene rings is 1.